The first kappa shape index (κ1) is 10.3. The molecule has 92 valence electrons. The topological polar surface area (TPSA) is 12.5 Å². The Morgan fingerprint density at radius 2 is 2.41 bits per heavy atom. The number of piperidine rings is 1. The van der Waals surface area contributed by atoms with Gasteiger partial charge in [-0.3, -0.25) is 0 Å². The molecule has 2 bridgehead atoms. The quantitative estimate of drug-likeness (QED) is 0.770. The second-order valence-corrected chi connectivity index (χ2v) is 5.91. The summed E-state index contributed by atoms with van der Waals surface area (Å²) in [6, 6.07) is 6.51. The van der Waals surface area contributed by atoms with Crippen molar-refractivity contribution in [2.24, 2.45) is 0 Å². The molecule has 3 rings (SSSR count). The van der Waals surface area contributed by atoms with E-state index < -0.39 is 0 Å². The Morgan fingerprint density at radius 1 is 1.59 bits per heavy atom. The summed E-state index contributed by atoms with van der Waals surface area (Å²) in [5.74, 6) is 0.867. The van der Waals surface area contributed by atoms with Crippen LogP contribution in [0.5, 0.6) is 5.75 Å². The SMILES string of the molecule is [3H]C1[C@@H]2Cc3ccc(OC)cc3[C@@]1(S)CCN2C. The van der Waals surface area contributed by atoms with Crippen molar-refractivity contribution in [2.75, 3.05) is 20.7 Å². The highest BCUT2D eigenvalue weighted by atomic mass is 32.1. The van der Waals surface area contributed by atoms with E-state index in [9.17, 15) is 0 Å². The van der Waals surface area contributed by atoms with Crippen molar-refractivity contribution >= 4 is 12.6 Å². The van der Waals surface area contributed by atoms with Crippen LogP contribution in [-0.4, -0.2) is 31.6 Å². The molecule has 17 heavy (non-hydrogen) atoms. The van der Waals surface area contributed by atoms with Crippen LogP contribution in [0.2, 0.25) is 0 Å². The van der Waals surface area contributed by atoms with Crippen LogP contribution in [0.1, 0.15) is 25.3 Å². The minimum absolute atomic E-state index is 0.167. The molecule has 1 heterocycles. The van der Waals surface area contributed by atoms with Crippen LogP contribution in [0, 0.1) is 0 Å². The van der Waals surface area contributed by atoms with Gasteiger partial charge in [0.2, 0.25) is 0 Å². The molecular weight excluding hydrogens is 230 g/mol. The fourth-order valence-electron chi connectivity index (χ4n) is 2.97. The first-order chi connectivity index (χ1) is 8.56. The van der Waals surface area contributed by atoms with Gasteiger partial charge < -0.3 is 9.64 Å². The lowest BCUT2D eigenvalue weighted by molar-refractivity contribution is 0.145. The summed E-state index contributed by atoms with van der Waals surface area (Å²) in [6.45, 7) is 1.01. The molecule has 3 atom stereocenters. The molecule has 0 radical (unpaired) electrons. The normalized spacial score (nSPS) is 37.2. The number of likely N-dealkylation sites (N-methyl/N-ethyl adjacent to an activating group) is 1. The summed E-state index contributed by atoms with van der Waals surface area (Å²) in [5, 5.41) is 0. The molecule has 1 aromatic rings. The highest BCUT2D eigenvalue weighted by molar-refractivity contribution is 7.81. The molecule has 0 aromatic heterocycles. The molecule has 2 nitrogen and oxygen atoms in total. The van der Waals surface area contributed by atoms with Crippen LogP contribution in [0.4, 0.5) is 0 Å². The van der Waals surface area contributed by atoms with Gasteiger partial charge in [0.15, 0.2) is 0 Å². The number of ether oxygens (including phenoxy) is 1. The molecule has 0 N–H and O–H groups in total. The Bertz CT molecular complexity index is 481. The number of thiol groups is 1. The molecule has 2 aliphatic rings. The van der Waals surface area contributed by atoms with Crippen LogP contribution < -0.4 is 4.74 Å². The third kappa shape index (κ3) is 1.76. The smallest absolute Gasteiger partial charge is 0.119 e. The van der Waals surface area contributed by atoms with E-state index in [1.807, 2.05) is 6.07 Å². The van der Waals surface area contributed by atoms with E-state index in [1.165, 1.54) is 11.1 Å². The lowest BCUT2D eigenvalue weighted by Crippen LogP contribution is -2.49. The van der Waals surface area contributed by atoms with E-state index in [2.05, 4.69) is 24.1 Å². The first-order valence-corrected chi connectivity index (χ1v) is 6.53. The number of hydrogen-bond acceptors (Lipinski definition) is 3. The van der Waals surface area contributed by atoms with Crippen LogP contribution in [0.3, 0.4) is 0 Å². The zero-order valence-corrected chi connectivity index (χ0v) is 11.2. The highest BCUT2D eigenvalue weighted by Crippen LogP contribution is 2.47. The number of rotatable bonds is 1. The summed E-state index contributed by atoms with van der Waals surface area (Å²) < 4.78 is 13.5. The molecular formula is C14H19NOS. The van der Waals surface area contributed by atoms with E-state index in [-0.39, 0.29) is 17.2 Å². The van der Waals surface area contributed by atoms with Crippen molar-refractivity contribution in [2.45, 2.75) is 30.0 Å². The van der Waals surface area contributed by atoms with E-state index in [1.54, 1.807) is 7.11 Å². The Hall–Kier alpha value is -0.670. The molecule has 0 spiro atoms. The number of likely N-dealkylation sites (tertiary alicyclic amines) is 1. The third-order valence-electron chi connectivity index (χ3n) is 4.09. The lowest BCUT2D eigenvalue weighted by Gasteiger charge is -2.48. The van der Waals surface area contributed by atoms with E-state index in [4.69, 9.17) is 18.7 Å². The van der Waals surface area contributed by atoms with Gasteiger partial charge in [-0.1, -0.05) is 6.07 Å². The summed E-state index contributed by atoms with van der Waals surface area (Å²) in [4.78, 5) is 2.30. The van der Waals surface area contributed by atoms with Crippen molar-refractivity contribution < 1.29 is 6.11 Å². The third-order valence-corrected chi connectivity index (χ3v) is 4.71. The van der Waals surface area contributed by atoms with Gasteiger partial charge in [-0.05, 0) is 56.1 Å². The van der Waals surface area contributed by atoms with Crippen LogP contribution in [-0.2, 0) is 11.2 Å². The standard InChI is InChI=1S/C14H19NOS/c1-15-6-5-14(17)9-11(15)7-10-3-4-12(16-2)8-13(10)14/h3-4,8,11,17H,5-7,9H2,1-2H3/t11-,14+/m0/s1/i9T/t9?,11-,14+. The second-order valence-electron chi connectivity index (χ2n) is 5.12. The first-order valence-electron chi connectivity index (χ1n) is 6.66. The fourth-order valence-corrected chi connectivity index (χ4v) is 3.45. The molecule has 1 saturated heterocycles. The summed E-state index contributed by atoms with van der Waals surface area (Å²) in [5.41, 5.74) is 2.53. The Labute approximate surface area is 110 Å². The maximum absolute atomic E-state index is 8.51. The summed E-state index contributed by atoms with van der Waals surface area (Å²) in [6.07, 6.45) is 1.71. The minimum Gasteiger partial charge on any atom is -0.497 e. The largest absolute Gasteiger partial charge is 0.497 e. The van der Waals surface area contributed by atoms with E-state index in [0.717, 1.165) is 25.1 Å². The van der Waals surface area contributed by atoms with Gasteiger partial charge in [-0.2, -0.15) is 12.6 Å². The maximum atomic E-state index is 8.51. The predicted molar refractivity (Wildman–Crippen MR) is 73.0 cm³/mol. The molecule has 1 aromatic carbocycles. The molecule has 1 unspecified atom stereocenters. The van der Waals surface area contributed by atoms with Crippen molar-refractivity contribution in [3.63, 3.8) is 0 Å². The Kier molecular flexibility index (Phi) is 2.37. The summed E-state index contributed by atoms with van der Waals surface area (Å²) in [7, 11) is 3.81. The molecule has 0 saturated carbocycles. The average Bonchev–Trinajstić information content (AvgIpc) is 2.38. The van der Waals surface area contributed by atoms with Gasteiger partial charge in [0.1, 0.15) is 5.75 Å². The molecule has 1 aliphatic carbocycles. The zero-order chi connectivity index (χ0) is 12.9. The number of hydrogen-bond donors (Lipinski definition) is 1. The van der Waals surface area contributed by atoms with E-state index >= 15 is 0 Å². The van der Waals surface area contributed by atoms with Gasteiger partial charge in [0.25, 0.3) is 0 Å². The lowest BCUT2D eigenvalue weighted by atomic mass is 9.74. The van der Waals surface area contributed by atoms with Gasteiger partial charge in [-0.15, -0.1) is 0 Å². The fraction of sp³-hybridized carbons (Fsp3) is 0.571. The highest BCUT2D eigenvalue weighted by Gasteiger charge is 2.42. The number of benzene rings is 1. The molecule has 0 amide bonds. The van der Waals surface area contributed by atoms with Crippen LogP contribution in [0.15, 0.2) is 18.2 Å². The predicted octanol–water partition coefficient (Wildman–Crippen LogP) is 2.47. The van der Waals surface area contributed by atoms with Gasteiger partial charge in [0.05, 0.1) is 7.11 Å². The zero-order valence-electron chi connectivity index (χ0n) is 11.3. The minimum atomic E-state index is -0.320. The number of fused-ring (bicyclic) bond motifs is 4. The summed E-state index contributed by atoms with van der Waals surface area (Å²) >= 11 is 4.89. The maximum Gasteiger partial charge on any atom is 0.119 e. The van der Waals surface area contributed by atoms with Crippen molar-refractivity contribution in [1.29, 1.82) is 0 Å². The Balaban J connectivity index is 2.13. The molecule has 1 fully saturated rings. The molecule has 3 heteroatoms. The Morgan fingerprint density at radius 3 is 3.18 bits per heavy atom. The average molecular weight is 251 g/mol. The second kappa shape index (κ2) is 3.92. The van der Waals surface area contributed by atoms with Crippen LogP contribution in [0.25, 0.3) is 0 Å². The number of nitrogens with zero attached hydrogens (tertiary/aromatic N) is 1. The van der Waals surface area contributed by atoms with Crippen LogP contribution >= 0.6 is 12.6 Å². The van der Waals surface area contributed by atoms with Crippen molar-refractivity contribution in [3.8, 4) is 5.75 Å². The van der Waals surface area contributed by atoms with Gasteiger partial charge in [-0.25, -0.2) is 0 Å². The monoisotopic (exact) mass is 251 g/mol. The van der Waals surface area contributed by atoms with Gasteiger partial charge >= 0.3 is 0 Å². The van der Waals surface area contributed by atoms with Crippen molar-refractivity contribution in [1.82, 2.24) is 4.90 Å². The van der Waals surface area contributed by atoms with E-state index in [0.29, 0.717) is 0 Å². The van der Waals surface area contributed by atoms with Crippen molar-refractivity contribution in [3.05, 3.63) is 29.3 Å². The number of methoxy groups -OCH3 is 1. The van der Waals surface area contributed by atoms with Gasteiger partial charge in [0, 0.05) is 12.2 Å². The molecule has 1 aliphatic heterocycles.